The molecule has 0 aromatic heterocycles. The van der Waals surface area contributed by atoms with Gasteiger partial charge in [0, 0.05) is 6.04 Å². The van der Waals surface area contributed by atoms with E-state index in [-0.39, 0.29) is 18.8 Å². The van der Waals surface area contributed by atoms with Gasteiger partial charge in [-0.1, -0.05) is 30.3 Å². The third-order valence-corrected chi connectivity index (χ3v) is 3.71. The maximum atomic E-state index is 9.85. The van der Waals surface area contributed by atoms with Crippen molar-refractivity contribution in [2.75, 3.05) is 6.61 Å². The van der Waals surface area contributed by atoms with E-state index in [2.05, 4.69) is 5.32 Å². The van der Waals surface area contributed by atoms with Crippen molar-refractivity contribution in [3.63, 3.8) is 0 Å². The average molecular weight is 235 g/mol. The first-order valence-corrected chi connectivity index (χ1v) is 6.28. The largest absolute Gasteiger partial charge is 0.394 e. The fourth-order valence-electron chi connectivity index (χ4n) is 2.54. The van der Waals surface area contributed by atoms with Gasteiger partial charge in [0.1, 0.15) is 0 Å². The molecule has 1 aromatic carbocycles. The molecule has 1 aliphatic rings. The number of hydrogen-bond donors (Lipinski definition) is 3. The summed E-state index contributed by atoms with van der Waals surface area (Å²) in [4.78, 5) is 0. The molecule has 0 spiro atoms. The van der Waals surface area contributed by atoms with Crippen molar-refractivity contribution in [1.82, 2.24) is 5.32 Å². The normalized spacial score (nSPS) is 27.9. The third-order valence-electron chi connectivity index (χ3n) is 3.71. The van der Waals surface area contributed by atoms with E-state index >= 15 is 0 Å². The minimum absolute atomic E-state index is 0.0280. The second kappa shape index (κ2) is 5.17. The van der Waals surface area contributed by atoms with Crippen molar-refractivity contribution in [3.05, 3.63) is 35.9 Å². The van der Waals surface area contributed by atoms with Gasteiger partial charge < -0.3 is 15.5 Å². The van der Waals surface area contributed by atoms with Crippen LogP contribution in [0.15, 0.2) is 30.3 Å². The maximum Gasteiger partial charge on any atom is 0.0693 e. The molecule has 1 fully saturated rings. The van der Waals surface area contributed by atoms with Crippen LogP contribution in [0.4, 0.5) is 0 Å². The van der Waals surface area contributed by atoms with Crippen LogP contribution in [0.3, 0.4) is 0 Å². The summed E-state index contributed by atoms with van der Waals surface area (Å²) in [5, 5.41) is 22.9. The van der Waals surface area contributed by atoms with Crippen molar-refractivity contribution in [2.45, 2.75) is 43.9 Å². The van der Waals surface area contributed by atoms with E-state index in [1.165, 1.54) is 0 Å². The van der Waals surface area contributed by atoms with Gasteiger partial charge in [-0.25, -0.2) is 0 Å². The molecule has 0 saturated heterocycles. The predicted octanol–water partition coefficient (Wildman–Crippen LogP) is 1.40. The van der Waals surface area contributed by atoms with Gasteiger partial charge >= 0.3 is 0 Å². The summed E-state index contributed by atoms with van der Waals surface area (Å²) in [6.07, 6.45) is 2.59. The van der Waals surface area contributed by atoms with E-state index in [4.69, 9.17) is 0 Å². The molecule has 0 bridgehead atoms. The Bertz CT molecular complexity index is 354. The zero-order valence-electron chi connectivity index (χ0n) is 10.3. The Morgan fingerprint density at radius 2 is 2.00 bits per heavy atom. The number of rotatable bonds is 4. The van der Waals surface area contributed by atoms with Crippen LogP contribution in [0, 0.1) is 0 Å². The lowest BCUT2D eigenvalue weighted by molar-refractivity contribution is 0.102. The molecule has 3 N–H and O–H groups in total. The Morgan fingerprint density at radius 1 is 1.29 bits per heavy atom. The van der Waals surface area contributed by atoms with Crippen LogP contribution in [0.5, 0.6) is 0 Å². The summed E-state index contributed by atoms with van der Waals surface area (Å²) in [5.74, 6) is 0. The van der Waals surface area contributed by atoms with Crippen LogP contribution < -0.4 is 5.32 Å². The average Bonchev–Trinajstić information content (AvgIpc) is 2.76. The van der Waals surface area contributed by atoms with E-state index in [9.17, 15) is 10.2 Å². The van der Waals surface area contributed by atoms with E-state index < -0.39 is 5.54 Å². The van der Waals surface area contributed by atoms with Crippen LogP contribution in [0.25, 0.3) is 0 Å². The number of benzene rings is 1. The Morgan fingerprint density at radius 3 is 2.53 bits per heavy atom. The number of nitrogens with one attached hydrogen (secondary N) is 1. The van der Waals surface area contributed by atoms with Crippen molar-refractivity contribution >= 4 is 0 Å². The fourth-order valence-corrected chi connectivity index (χ4v) is 2.54. The van der Waals surface area contributed by atoms with Crippen LogP contribution in [-0.2, 0) is 5.54 Å². The molecule has 1 aromatic rings. The molecule has 0 heterocycles. The number of hydrogen-bond acceptors (Lipinski definition) is 3. The number of aliphatic hydroxyl groups is 2. The highest BCUT2D eigenvalue weighted by atomic mass is 16.3. The van der Waals surface area contributed by atoms with Crippen molar-refractivity contribution < 1.29 is 10.2 Å². The van der Waals surface area contributed by atoms with Crippen LogP contribution in [-0.4, -0.2) is 29.0 Å². The highest BCUT2D eigenvalue weighted by Crippen LogP contribution is 2.26. The lowest BCUT2D eigenvalue weighted by Gasteiger charge is -2.34. The molecule has 3 heteroatoms. The molecule has 3 atom stereocenters. The van der Waals surface area contributed by atoms with Crippen LogP contribution in [0.1, 0.15) is 31.7 Å². The molecule has 1 unspecified atom stereocenters. The van der Waals surface area contributed by atoms with Crippen molar-refractivity contribution in [2.24, 2.45) is 0 Å². The Hall–Kier alpha value is -0.900. The minimum atomic E-state index is -0.475. The number of aliphatic hydroxyl groups excluding tert-OH is 2. The zero-order valence-corrected chi connectivity index (χ0v) is 10.3. The van der Waals surface area contributed by atoms with Crippen LogP contribution >= 0.6 is 0 Å². The molecule has 1 aliphatic carbocycles. The van der Waals surface area contributed by atoms with Gasteiger partial charge in [-0.05, 0) is 31.7 Å². The first-order chi connectivity index (χ1) is 8.15. The van der Waals surface area contributed by atoms with Crippen molar-refractivity contribution in [3.8, 4) is 0 Å². The molecule has 94 valence electrons. The molecule has 2 rings (SSSR count). The topological polar surface area (TPSA) is 52.5 Å². The van der Waals surface area contributed by atoms with E-state index in [1.807, 2.05) is 37.3 Å². The van der Waals surface area contributed by atoms with Gasteiger partial charge in [0.15, 0.2) is 0 Å². The summed E-state index contributed by atoms with van der Waals surface area (Å²) in [7, 11) is 0. The van der Waals surface area contributed by atoms with Gasteiger partial charge in [0.25, 0.3) is 0 Å². The monoisotopic (exact) mass is 235 g/mol. The first kappa shape index (κ1) is 12.6. The fraction of sp³-hybridized carbons (Fsp3) is 0.571. The standard InChI is InChI=1S/C14H21NO2/c1-14(10-16,11-6-3-2-4-7-11)15-12-8-5-9-13(12)17/h2-4,6-7,12-13,15-17H,5,8-10H2,1H3/t12-,13-,14?/m0/s1. The van der Waals surface area contributed by atoms with Crippen LogP contribution in [0.2, 0.25) is 0 Å². The van der Waals surface area contributed by atoms with Gasteiger partial charge in [-0.15, -0.1) is 0 Å². The Kier molecular flexibility index (Phi) is 3.82. The molecule has 0 radical (unpaired) electrons. The van der Waals surface area contributed by atoms with E-state index in [0.717, 1.165) is 24.8 Å². The molecular formula is C14H21NO2. The first-order valence-electron chi connectivity index (χ1n) is 6.28. The van der Waals surface area contributed by atoms with Gasteiger partial charge in [0.2, 0.25) is 0 Å². The Labute approximate surface area is 102 Å². The summed E-state index contributed by atoms with van der Waals surface area (Å²) in [6.45, 7) is 2.01. The molecule has 0 amide bonds. The summed E-state index contributed by atoms with van der Waals surface area (Å²) in [6, 6.07) is 10.00. The second-order valence-corrected chi connectivity index (χ2v) is 5.11. The molecule has 17 heavy (non-hydrogen) atoms. The zero-order chi connectivity index (χ0) is 12.3. The van der Waals surface area contributed by atoms with Crippen molar-refractivity contribution in [1.29, 1.82) is 0 Å². The summed E-state index contributed by atoms with van der Waals surface area (Å²) in [5.41, 5.74) is 0.582. The molecule has 1 saturated carbocycles. The lowest BCUT2D eigenvalue weighted by atomic mass is 9.91. The lowest BCUT2D eigenvalue weighted by Crippen LogP contribution is -2.51. The summed E-state index contributed by atoms with van der Waals surface area (Å²) < 4.78 is 0. The highest BCUT2D eigenvalue weighted by Gasteiger charge is 2.33. The highest BCUT2D eigenvalue weighted by molar-refractivity contribution is 5.24. The van der Waals surface area contributed by atoms with E-state index in [1.54, 1.807) is 0 Å². The van der Waals surface area contributed by atoms with Gasteiger partial charge in [-0.3, -0.25) is 0 Å². The quantitative estimate of drug-likeness (QED) is 0.739. The molecular weight excluding hydrogens is 214 g/mol. The Balaban J connectivity index is 2.14. The van der Waals surface area contributed by atoms with E-state index in [0.29, 0.717) is 0 Å². The maximum absolute atomic E-state index is 9.85. The van der Waals surface area contributed by atoms with Gasteiger partial charge in [-0.2, -0.15) is 0 Å². The smallest absolute Gasteiger partial charge is 0.0693 e. The molecule has 3 nitrogen and oxygen atoms in total. The predicted molar refractivity (Wildman–Crippen MR) is 67.7 cm³/mol. The second-order valence-electron chi connectivity index (χ2n) is 5.11. The van der Waals surface area contributed by atoms with Gasteiger partial charge in [0.05, 0.1) is 18.2 Å². The summed E-state index contributed by atoms with van der Waals surface area (Å²) >= 11 is 0. The molecule has 0 aliphatic heterocycles. The minimum Gasteiger partial charge on any atom is -0.394 e. The third kappa shape index (κ3) is 2.68. The SMILES string of the molecule is CC(CO)(N[C@H]1CCC[C@@H]1O)c1ccccc1.